The van der Waals surface area contributed by atoms with Gasteiger partial charge in [-0.2, -0.15) is 0 Å². The predicted molar refractivity (Wildman–Crippen MR) is 92.3 cm³/mol. The maximum absolute atomic E-state index is 12.6. The molecule has 0 heterocycles. The number of nitrogens with zero attached hydrogens (tertiary/aromatic N) is 1. The Balaban J connectivity index is 4.43. The van der Waals surface area contributed by atoms with E-state index in [1.54, 1.807) is 0 Å². The molecule has 0 spiro atoms. The summed E-state index contributed by atoms with van der Waals surface area (Å²) >= 11 is 0. The van der Waals surface area contributed by atoms with Gasteiger partial charge in [0.05, 0.1) is 6.04 Å². The lowest BCUT2D eigenvalue weighted by molar-refractivity contribution is -0.135. The highest BCUT2D eigenvalue weighted by molar-refractivity contribution is 5.82. The highest BCUT2D eigenvalue weighted by Gasteiger charge is 2.30. The minimum atomic E-state index is -0.394. The van der Waals surface area contributed by atoms with Gasteiger partial charge in [-0.3, -0.25) is 4.79 Å². The molecule has 0 bridgehead atoms. The first-order valence-corrected chi connectivity index (χ1v) is 8.89. The Labute approximate surface area is 132 Å². The third-order valence-electron chi connectivity index (χ3n) is 4.07. The summed E-state index contributed by atoms with van der Waals surface area (Å²) in [7, 11) is 0. The molecule has 2 N–H and O–H groups in total. The van der Waals surface area contributed by atoms with Crippen molar-refractivity contribution in [3.63, 3.8) is 0 Å². The quantitative estimate of drug-likeness (QED) is 0.576. The normalized spacial score (nSPS) is 13.2. The number of carbonyl (C=O) groups is 1. The molecule has 0 aromatic carbocycles. The van der Waals surface area contributed by atoms with Crippen LogP contribution in [-0.2, 0) is 4.79 Å². The number of hydrogen-bond donors (Lipinski definition) is 1. The smallest absolute Gasteiger partial charge is 0.240 e. The monoisotopic (exact) mass is 298 g/mol. The van der Waals surface area contributed by atoms with Crippen LogP contribution in [0.4, 0.5) is 0 Å². The molecule has 0 aromatic heterocycles. The van der Waals surface area contributed by atoms with E-state index in [0.29, 0.717) is 0 Å². The molecule has 0 saturated heterocycles. The molecule has 0 aliphatic heterocycles. The number of unbranched alkanes of at least 4 members (excludes halogenated alkanes) is 6. The number of nitrogens with two attached hydrogens (primary N) is 1. The first kappa shape index (κ1) is 20.4. The molecule has 126 valence electrons. The van der Waals surface area contributed by atoms with Crippen LogP contribution >= 0.6 is 0 Å². The van der Waals surface area contributed by atoms with Crippen molar-refractivity contribution in [2.24, 2.45) is 11.1 Å². The van der Waals surface area contributed by atoms with Crippen molar-refractivity contribution in [3.8, 4) is 0 Å². The minimum Gasteiger partial charge on any atom is -0.341 e. The van der Waals surface area contributed by atoms with Crippen LogP contribution < -0.4 is 5.73 Å². The van der Waals surface area contributed by atoms with Crippen molar-refractivity contribution in [3.05, 3.63) is 0 Å². The van der Waals surface area contributed by atoms with Crippen LogP contribution in [0.15, 0.2) is 0 Å². The van der Waals surface area contributed by atoms with Crippen molar-refractivity contribution in [2.75, 3.05) is 13.1 Å². The van der Waals surface area contributed by atoms with Gasteiger partial charge in [-0.15, -0.1) is 0 Å². The van der Waals surface area contributed by atoms with Gasteiger partial charge in [0.2, 0.25) is 5.91 Å². The zero-order chi connectivity index (χ0) is 16.3. The van der Waals surface area contributed by atoms with Gasteiger partial charge in [0.25, 0.3) is 0 Å². The Bertz CT molecular complexity index is 259. The molecule has 0 radical (unpaired) electrons. The number of carbonyl (C=O) groups excluding carboxylic acids is 1. The lowest BCUT2D eigenvalue weighted by atomic mass is 9.86. The van der Waals surface area contributed by atoms with Gasteiger partial charge in [0.1, 0.15) is 0 Å². The van der Waals surface area contributed by atoms with Crippen LogP contribution in [0.25, 0.3) is 0 Å². The first-order chi connectivity index (χ1) is 9.84. The van der Waals surface area contributed by atoms with Crippen molar-refractivity contribution in [1.82, 2.24) is 4.90 Å². The molecule has 3 heteroatoms. The van der Waals surface area contributed by atoms with E-state index in [1.165, 1.54) is 38.5 Å². The average molecular weight is 299 g/mol. The van der Waals surface area contributed by atoms with E-state index in [4.69, 9.17) is 5.73 Å². The zero-order valence-electron chi connectivity index (χ0n) is 15.1. The number of rotatable bonds is 11. The second-order valence-corrected chi connectivity index (χ2v) is 7.29. The van der Waals surface area contributed by atoms with Crippen LogP contribution in [0.1, 0.15) is 86.0 Å². The summed E-state index contributed by atoms with van der Waals surface area (Å²) in [5.41, 5.74) is 6.00. The highest BCUT2D eigenvalue weighted by atomic mass is 16.2. The first-order valence-electron chi connectivity index (χ1n) is 8.89. The molecule has 1 atom stereocenters. The van der Waals surface area contributed by atoms with E-state index in [-0.39, 0.29) is 11.3 Å². The zero-order valence-corrected chi connectivity index (χ0v) is 15.1. The van der Waals surface area contributed by atoms with Crippen LogP contribution in [0.2, 0.25) is 0 Å². The molecule has 0 saturated carbocycles. The van der Waals surface area contributed by atoms with Crippen molar-refractivity contribution < 1.29 is 4.79 Å². The van der Waals surface area contributed by atoms with Crippen molar-refractivity contribution in [2.45, 2.75) is 92.0 Å². The maximum Gasteiger partial charge on any atom is 0.240 e. The van der Waals surface area contributed by atoms with Crippen LogP contribution in [0.5, 0.6) is 0 Å². The van der Waals surface area contributed by atoms with Gasteiger partial charge in [0, 0.05) is 13.1 Å². The molecule has 0 aliphatic carbocycles. The van der Waals surface area contributed by atoms with E-state index in [9.17, 15) is 4.79 Å². The summed E-state index contributed by atoms with van der Waals surface area (Å²) < 4.78 is 0. The SMILES string of the molecule is CCCCCCN(CCCCCC)C(=O)[C@@H](N)C(C)(C)C. The van der Waals surface area contributed by atoms with Crippen LogP contribution in [0.3, 0.4) is 0 Å². The standard InChI is InChI=1S/C18H38N2O/c1-6-8-10-12-14-20(15-13-11-9-7-2)17(21)16(19)18(3,4)5/h16H,6-15,19H2,1-5H3/t16-/m1/s1. The van der Waals surface area contributed by atoms with Crippen LogP contribution in [-0.4, -0.2) is 29.9 Å². The number of hydrogen-bond acceptors (Lipinski definition) is 2. The Morgan fingerprint density at radius 3 is 1.67 bits per heavy atom. The molecule has 21 heavy (non-hydrogen) atoms. The Morgan fingerprint density at radius 1 is 0.905 bits per heavy atom. The minimum absolute atomic E-state index is 0.135. The topological polar surface area (TPSA) is 46.3 Å². The third-order valence-corrected chi connectivity index (χ3v) is 4.07. The molecular weight excluding hydrogens is 260 g/mol. The van der Waals surface area contributed by atoms with E-state index in [1.807, 2.05) is 25.7 Å². The van der Waals surface area contributed by atoms with Gasteiger partial charge in [-0.1, -0.05) is 73.1 Å². The maximum atomic E-state index is 12.6. The molecule has 0 aromatic rings. The van der Waals surface area contributed by atoms with Gasteiger partial charge in [-0.25, -0.2) is 0 Å². The summed E-state index contributed by atoms with van der Waals surface area (Å²) in [5.74, 6) is 0.135. The van der Waals surface area contributed by atoms with E-state index in [2.05, 4.69) is 13.8 Å². The number of amides is 1. The lowest BCUT2D eigenvalue weighted by Crippen LogP contribution is -2.50. The molecule has 3 nitrogen and oxygen atoms in total. The van der Waals surface area contributed by atoms with Gasteiger partial charge in [0.15, 0.2) is 0 Å². The fourth-order valence-corrected chi connectivity index (χ4v) is 2.36. The Kier molecular flexibility index (Phi) is 10.8. The van der Waals surface area contributed by atoms with Gasteiger partial charge < -0.3 is 10.6 Å². The molecule has 0 fully saturated rings. The van der Waals surface area contributed by atoms with Gasteiger partial charge >= 0.3 is 0 Å². The Morgan fingerprint density at radius 2 is 1.33 bits per heavy atom. The largest absolute Gasteiger partial charge is 0.341 e. The fourth-order valence-electron chi connectivity index (χ4n) is 2.36. The van der Waals surface area contributed by atoms with Crippen LogP contribution in [0, 0.1) is 5.41 Å². The molecule has 1 amide bonds. The predicted octanol–water partition coefficient (Wildman–Crippen LogP) is 4.35. The fraction of sp³-hybridized carbons (Fsp3) is 0.944. The van der Waals surface area contributed by atoms with Crippen molar-refractivity contribution >= 4 is 5.91 Å². The second kappa shape index (κ2) is 11.1. The van der Waals surface area contributed by atoms with E-state index >= 15 is 0 Å². The van der Waals surface area contributed by atoms with E-state index in [0.717, 1.165) is 25.9 Å². The highest BCUT2D eigenvalue weighted by Crippen LogP contribution is 2.20. The summed E-state index contributed by atoms with van der Waals surface area (Å²) in [6.45, 7) is 12.3. The second-order valence-electron chi connectivity index (χ2n) is 7.29. The molecule has 0 unspecified atom stereocenters. The molecule has 0 rings (SSSR count). The lowest BCUT2D eigenvalue weighted by Gasteiger charge is -2.32. The van der Waals surface area contributed by atoms with E-state index < -0.39 is 6.04 Å². The summed E-state index contributed by atoms with van der Waals surface area (Å²) in [6.07, 6.45) is 9.58. The summed E-state index contributed by atoms with van der Waals surface area (Å²) in [5, 5.41) is 0. The molecule has 0 aliphatic rings. The molecular formula is C18H38N2O. The van der Waals surface area contributed by atoms with Gasteiger partial charge in [-0.05, 0) is 18.3 Å². The van der Waals surface area contributed by atoms with Crippen molar-refractivity contribution in [1.29, 1.82) is 0 Å². The average Bonchev–Trinajstić information content (AvgIpc) is 2.43. The third kappa shape index (κ3) is 9.13. The summed E-state index contributed by atoms with van der Waals surface area (Å²) in [6, 6.07) is -0.394. The summed E-state index contributed by atoms with van der Waals surface area (Å²) in [4.78, 5) is 14.6. The Hall–Kier alpha value is -0.570.